The van der Waals surface area contributed by atoms with Crippen molar-refractivity contribution in [1.29, 1.82) is 0 Å². The molecule has 2 N–H and O–H groups in total. The monoisotopic (exact) mass is 207 g/mol. The summed E-state index contributed by atoms with van der Waals surface area (Å²) in [5.41, 5.74) is 6.92. The number of morpholine rings is 1. The average molecular weight is 207 g/mol. The van der Waals surface area contributed by atoms with Crippen molar-refractivity contribution >= 4 is 0 Å². The molecule has 1 aliphatic heterocycles. The number of hydrogen-bond donors (Lipinski definition) is 1. The molecule has 15 heavy (non-hydrogen) atoms. The molecule has 1 aromatic heterocycles. The Bertz CT molecular complexity index is 317. The third kappa shape index (κ3) is 1.76. The maximum absolute atomic E-state index is 5.92. The van der Waals surface area contributed by atoms with Gasteiger partial charge >= 0.3 is 0 Å². The van der Waals surface area contributed by atoms with Crippen LogP contribution in [-0.4, -0.2) is 43.2 Å². The van der Waals surface area contributed by atoms with Gasteiger partial charge in [-0.3, -0.25) is 9.88 Å². The summed E-state index contributed by atoms with van der Waals surface area (Å²) in [6.45, 7) is 2.92. The van der Waals surface area contributed by atoms with Gasteiger partial charge in [0.15, 0.2) is 0 Å². The van der Waals surface area contributed by atoms with Gasteiger partial charge in [0.1, 0.15) is 0 Å². The van der Waals surface area contributed by atoms with Crippen molar-refractivity contribution in [3.63, 3.8) is 0 Å². The van der Waals surface area contributed by atoms with E-state index in [1.54, 1.807) is 12.4 Å². The number of aromatic nitrogens is 1. The third-order valence-corrected chi connectivity index (χ3v) is 3.20. The predicted molar refractivity (Wildman–Crippen MR) is 58.4 cm³/mol. The van der Waals surface area contributed by atoms with Crippen molar-refractivity contribution in [2.24, 2.45) is 5.73 Å². The summed E-state index contributed by atoms with van der Waals surface area (Å²) in [5.74, 6) is 0. The van der Waals surface area contributed by atoms with Crippen LogP contribution in [0.1, 0.15) is 5.56 Å². The second kappa shape index (κ2) is 4.26. The summed E-state index contributed by atoms with van der Waals surface area (Å²) in [5, 5.41) is 0. The Morgan fingerprint density at radius 3 is 2.87 bits per heavy atom. The molecule has 1 aliphatic rings. The first-order valence-corrected chi connectivity index (χ1v) is 5.19. The normalized spacial score (nSPS) is 27.9. The molecular formula is C11H17N3O. The van der Waals surface area contributed by atoms with Gasteiger partial charge in [-0.1, -0.05) is 0 Å². The first kappa shape index (κ1) is 10.5. The minimum atomic E-state index is -0.179. The number of ether oxygens (including phenoxy) is 1. The predicted octanol–water partition coefficient (Wildman–Crippen LogP) is 0.198. The van der Waals surface area contributed by atoms with Crippen molar-refractivity contribution < 1.29 is 4.74 Å². The maximum Gasteiger partial charge on any atom is 0.0820 e. The molecule has 1 saturated heterocycles. The van der Waals surface area contributed by atoms with Gasteiger partial charge in [0.2, 0.25) is 0 Å². The van der Waals surface area contributed by atoms with Gasteiger partial charge in [0.05, 0.1) is 18.8 Å². The van der Waals surface area contributed by atoms with Crippen LogP contribution in [-0.2, 0) is 10.3 Å². The van der Waals surface area contributed by atoms with Crippen LogP contribution in [0, 0.1) is 0 Å². The lowest BCUT2D eigenvalue weighted by Gasteiger charge is -2.44. The Morgan fingerprint density at radius 2 is 2.27 bits per heavy atom. The molecule has 82 valence electrons. The second-order valence-corrected chi connectivity index (χ2v) is 3.95. The van der Waals surface area contributed by atoms with Gasteiger partial charge in [-0.25, -0.2) is 0 Å². The summed E-state index contributed by atoms with van der Waals surface area (Å²) in [6.07, 6.45) is 3.60. The zero-order valence-electron chi connectivity index (χ0n) is 9.02. The number of nitrogens with zero attached hydrogens (tertiary/aromatic N) is 2. The van der Waals surface area contributed by atoms with E-state index in [4.69, 9.17) is 10.5 Å². The number of pyridine rings is 1. The zero-order valence-corrected chi connectivity index (χ0v) is 9.02. The van der Waals surface area contributed by atoms with Crippen LogP contribution < -0.4 is 5.73 Å². The fraction of sp³-hybridized carbons (Fsp3) is 0.545. The average Bonchev–Trinajstić information content (AvgIpc) is 2.31. The highest BCUT2D eigenvalue weighted by molar-refractivity contribution is 5.23. The van der Waals surface area contributed by atoms with E-state index >= 15 is 0 Å². The van der Waals surface area contributed by atoms with E-state index in [0.29, 0.717) is 13.2 Å². The molecule has 0 aromatic carbocycles. The number of nitrogens with two attached hydrogens (primary N) is 1. The lowest BCUT2D eigenvalue weighted by molar-refractivity contribution is -0.0549. The van der Waals surface area contributed by atoms with Gasteiger partial charge < -0.3 is 10.5 Å². The minimum absolute atomic E-state index is 0.179. The van der Waals surface area contributed by atoms with Crippen LogP contribution >= 0.6 is 0 Å². The lowest BCUT2D eigenvalue weighted by Crippen LogP contribution is -2.56. The first-order valence-electron chi connectivity index (χ1n) is 5.19. The molecule has 0 bridgehead atoms. The fourth-order valence-corrected chi connectivity index (χ4v) is 2.07. The van der Waals surface area contributed by atoms with Crippen LogP contribution in [0.25, 0.3) is 0 Å². The summed E-state index contributed by atoms with van der Waals surface area (Å²) in [7, 11) is 2.09. The molecule has 0 saturated carbocycles. The molecule has 1 aromatic rings. The molecule has 0 spiro atoms. The molecule has 0 radical (unpaired) electrons. The Labute approximate surface area is 90.0 Å². The Balaban J connectivity index is 2.35. The van der Waals surface area contributed by atoms with Gasteiger partial charge in [-0.15, -0.1) is 0 Å². The summed E-state index contributed by atoms with van der Waals surface area (Å²) in [4.78, 5) is 6.30. The molecule has 1 atom stereocenters. The van der Waals surface area contributed by atoms with Gasteiger partial charge in [-0.2, -0.15) is 0 Å². The smallest absolute Gasteiger partial charge is 0.0820 e. The van der Waals surface area contributed by atoms with Crippen molar-refractivity contribution in [2.45, 2.75) is 5.54 Å². The minimum Gasteiger partial charge on any atom is -0.378 e. The fourth-order valence-electron chi connectivity index (χ4n) is 2.07. The van der Waals surface area contributed by atoms with E-state index in [2.05, 4.69) is 16.9 Å². The SMILES string of the molecule is CN1CCOCC1(CN)c1ccncc1. The number of likely N-dealkylation sites (N-methyl/N-ethyl adjacent to an activating group) is 1. The zero-order chi connectivity index (χ0) is 10.7. The number of hydrogen-bond acceptors (Lipinski definition) is 4. The van der Waals surface area contributed by atoms with Gasteiger partial charge in [0.25, 0.3) is 0 Å². The van der Waals surface area contributed by atoms with Crippen molar-refractivity contribution in [1.82, 2.24) is 9.88 Å². The second-order valence-electron chi connectivity index (χ2n) is 3.95. The van der Waals surface area contributed by atoms with Crippen molar-refractivity contribution in [3.05, 3.63) is 30.1 Å². The Kier molecular flexibility index (Phi) is 3.00. The van der Waals surface area contributed by atoms with Crippen LogP contribution in [0.5, 0.6) is 0 Å². The Hall–Kier alpha value is -0.970. The summed E-state index contributed by atoms with van der Waals surface area (Å²) >= 11 is 0. The molecule has 1 unspecified atom stereocenters. The van der Waals surface area contributed by atoms with Gasteiger partial charge in [-0.05, 0) is 24.7 Å². The van der Waals surface area contributed by atoms with Gasteiger partial charge in [0, 0.05) is 25.5 Å². The van der Waals surface area contributed by atoms with Crippen molar-refractivity contribution in [2.75, 3.05) is 33.4 Å². The van der Waals surface area contributed by atoms with E-state index in [0.717, 1.165) is 13.2 Å². The van der Waals surface area contributed by atoms with Crippen LogP contribution in [0.15, 0.2) is 24.5 Å². The molecule has 0 amide bonds. The standard InChI is InChI=1S/C11H17N3O/c1-14-6-7-15-9-11(14,8-12)10-2-4-13-5-3-10/h2-5H,6-9,12H2,1H3. The van der Waals surface area contributed by atoms with E-state index in [1.165, 1.54) is 5.56 Å². The Morgan fingerprint density at radius 1 is 1.53 bits per heavy atom. The number of rotatable bonds is 2. The lowest BCUT2D eigenvalue weighted by atomic mass is 9.89. The molecule has 2 heterocycles. The highest BCUT2D eigenvalue weighted by Gasteiger charge is 2.37. The summed E-state index contributed by atoms with van der Waals surface area (Å²) in [6, 6.07) is 4.02. The van der Waals surface area contributed by atoms with E-state index < -0.39 is 0 Å². The van der Waals surface area contributed by atoms with Crippen molar-refractivity contribution in [3.8, 4) is 0 Å². The first-order chi connectivity index (χ1) is 7.29. The summed E-state index contributed by atoms with van der Waals surface area (Å²) < 4.78 is 5.56. The molecule has 1 fully saturated rings. The molecule has 2 rings (SSSR count). The quantitative estimate of drug-likeness (QED) is 0.752. The maximum atomic E-state index is 5.92. The highest BCUT2D eigenvalue weighted by Crippen LogP contribution is 2.28. The molecule has 4 heteroatoms. The van der Waals surface area contributed by atoms with Crippen LogP contribution in [0.2, 0.25) is 0 Å². The highest BCUT2D eigenvalue weighted by atomic mass is 16.5. The largest absolute Gasteiger partial charge is 0.378 e. The van der Waals surface area contributed by atoms with Crippen LogP contribution in [0.4, 0.5) is 0 Å². The topological polar surface area (TPSA) is 51.4 Å². The molecule has 0 aliphatic carbocycles. The third-order valence-electron chi connectivity index (χ3n) is 3.20. The van der Waals surface area contributed by atoms with E-state index in [-0.39, 0.29) is 5.54 Å². The van der Waals surface area contributed by atoms with E-state index in [9.17, 15) is 0 Å². The molecule has 4 nitrogen and oxygen atoms in total. The van der Waals surface area contributed by atoms with Crippen LogP contribution in [0.3, 0.4) is 0 Å². The van der Waals surface area contributed by atoms with E-state index in [1.807, 2.05) is 12.1 Å². The molecular weight excluding hydrogens is 190 g/mol.